The highest BCUT2D eigenvalue weighted by Gasteiger charge is 2.20. The van der Waals surface area contributed by atoms with Gasteiger partial charge in [0.05, 0.1) is 0 Å². The predicted molar refractivity (Wildman–Crippen MR) is 74.0 cm³/mol. The first-order valence-electron chi connectivity index (χ1n) is 5.98. The summed E-state index contributed by atoms with van der Waals surface area (Å²) in [5, 5.41) is 0. The largest absolute Gasteiger partial charge is 0.399 e. The van der Waals surface area contributed by atoms with Crippen LogP contribution in [0.5, 0.6) is 0 Å². The van der Waals surface area contributed by atoms with Gasteiger partial charge < -0.3 is 5.73 Å². The second-order valence-electron chi connectivity index (χ2n) is 5.17. The van der Waals surface area contributed by atoms with Crippen molar-refractivity contribution in [3.8, 4) is 0 Å². The molecule has 1 heteroatoms. The molecule has 0 heterocycles. The van der Waals surface area contributed by atoms with Gasteiger partial charge in [0.15, 0.2) is 0 Å². The van der Waals surface area contributed by atoms with Crippen LogP contribution in [0, 0.1) is 0 Å². The Morgan fingerprint density at radius 1 is 0.941 bits per heavy atom. The molecule has 0 saturated carbocycles. The highest BCUT2D eigenvalue weighted by atomic mass is 14.5. The molecule has 88 valence electrons. The molecule has 2 rings (SSSR count). The molecule has 0 bridgehead atoms. The molecule has 0 aliphatic rings. The molecule has 0 atom stereocenters. The first kappa shape index (κ1) is 11.7. The van der Waals surface area contributed by atoms with Crippen LogP contribution in [0.4, 0.5) is 5.69 Å². The lowest BCUT2D eigenvalue weighted by Gasteiger charge is -2.25. The summed E-state index contributed by atoms with van der Waals surface area (Å²) in [5.74, 6) is 0. The van der Waals surface area contributed by atoms with E-state index in [1.54, 1.807) is 0 Å². The summed E-state index contributed by atoms with van der Waals surface area (Å²) < 4.78 is 0. The summed E-state index contributed by atoms with van der Waals surface area (Å²) >= 11 is 0. The molecule has 0 saturated heterocycles. The zero-order valence-electron chi connectivity index (χ0n) is 10.5. The van der Waals surface area contributed by atoms with Gasteiger partial charge >= 0.3 is 0 Å². The van der Waals surface area contributed by atoms with Crippen molar-refractivity contribution >= 4 is 5.69 Å². The number of hydrogen-bond acceptors (Lipinski definition) is 1. The van der Waals surface area contributed by atoms with Crippen LogP contribution in [-0.4, -0.2) is 0 Å². The third-order valence-electron chi connectivity index (χ3n) is 3.15. The average Bonchev–Trinajstić information content (AvgIpc) is 2.29. The Morgan fingerprint density at radius 3 is 2.29 bits per heavy atom. The third kappa shape index (κ3) is 2.88. The summed E-state index contributed by atoms with van der Waals surface area (Å²) in [6, 6.07) is 18.8. The fraction of sp³-hybridized carbons (Fsp3) is 0.250. The maximum atomic E-state index is 5.82. The molecule has 2 aromatic rings. The summed E-state index contributed by atoms with van der Waals surface area (Å²) in [4.78, 5) is 0. The summed E-state index contributed by atoms with van der Waals surface area (Å²) in [6.07, 6.45) is 1.00. The van der Waals surface area contributed by atoms with Crippen molar-refractivity contribution in [3.63, 3.8) is 0 Å². The lowest BCUT2D eigenvalue weighted by atomic mass is 9.79. The number of rotatable bonds is 3. The standard InChI is InChI=1S/C16H19N/c1-16(2,14-8-4-3-5-9-14)12-13-7-6-10-15(17)11-13/h3-11H,12,17H2,1-2H3. The number of benzene rings is 2. The van der Waals surface area contributed by atoms with Crippen LogP contribution >= 0.6 is 0 Å². The molecular weight excluding hydrogens is 206 g/mol. The second-order valence-corrected chi connectivity index (χ2v) is 5.17. The van der Waals surface area contributed by atoms with E-state index in [2.05, 4.69) is 56.3 Å². The predicted octanol–water partition coefficient (Wildman–Crippen LogP) is 3.79. The normalized spacial score (nSPS) is 11.4. The second kappa shape index (κ2) is 4.62. The van der Waals surface area contributed by atoms with Gasteiger partial charge in [-0.1, -0.05) is 56.3 Å². The van der Waals surface area contributed by atoms with Crippen LogP contribution in [-0.2, 0) is 11.8 Å². The third-order valence-corrected chi connectivity index (χ3v) is 3.15. The number of hydrogen-bond donors (Lipinski definition) is 1. The molecule has 0 amide bonds. The summed E-state index contributed by atoms with van der Waals surface area (Å²) in [7, 11) is 0. The van der Waals surface area contributed by atoms with Crippen molar-refractivity contribution in [3.05, 3.63) is 65.7 Å². The van der Waals surface area contributed by atoms with Crippen molar-refractivity contribution in [2.75, 3.05) is 5.73 Å². The summed E-state index contributed by atoms with van der Waals surface area (Å²) in [6.45, 7) is 4.54. The van der Waals surface area contributed by atoms with Gasteiger partial charge in [0.2, 0.25) is 0 Å². The zero-order chi connectivity index (χ0) is 12.3. The monoisotopic (exact) mass is 225 g/mol. The van der Waals surface area contributed by atoms with Crippen molar-refractivity contribution in [1.29, 1.82) is 0 Å². The Morgan fingerprint density at radius 2 is 1.65 bits per heavy atom. The van der Waals surface area contributed by atoms with Gasteiger partial charge in [-0.25, -0.2) is 0 Å². The smallest absolute Gasteiger partial charge is 0.0316 e. The molecule has 0 aliphatic carbocycles. The zero-order valence-corrected chi connectivity index (χ0v) is 10.5. The Balaban J connectivity index is 2.23. The highest BCUT2D eigenvalue weighted by Crippen LogP contribution is 2.27. The fourth-order valence-corrected chi connectivity index (χ4v) is 2.20. The molecule has 2 aromatic carbocycles. The first-order valence-corrected chi connectivity index (χ1v) is 5.98. The maximum absolute atomic E-state index is 5.82. The van der Waals surface area contributed by atoms with Crippen LogP contribution < -0.4 is 5.73 Å². The molecule has 1 nitrogen and oxygen atoms in total. The quantitative estimate of drug-likeness (QED) is 0.790. The molecule has 0 radical (unpaired) electrons. The maximum Gasteiger partial charge on any atom is 0.0316 e. The average molecular weight is 225 g/mol. The van der Waals surface area contributed by atoms with Gasteiger partial charge in [0.1, 0.15) is 0 Å². The highest BCUT2D eigenvalue weighted by molar-refractivity contribution is 5.41. The van der Waals surface area contributed by atoms with Gasteiger partial charge in [-0.3, -0.25) is 0 Å². The molecule has 0 spiro atoms. The van der Waals surface area contributed by atoms with Crippen LogP contribution in [0.1, 0.15) is 25.0 Å². The van der Waals surface area contributed by atoms with E-state index >= 15 is 0 Å². The molecule has 0 unspecified atom stereocenters. The van der Waals surface area contributed by atoms with E-state index in [4.69, 9.17) is 5.73 Å². The summed E-state index contributed by atoms with van der Waals surface area (Å²) in [5.41, 5.74) is 9.44. The molecule has 0 aromatic heterocycles. The minimum absolute atomic E-state index is 0.134. The van der Waals surface area contributed by atoms with E-state index < -0.39 is 0 Å². The lowest BCUT2D eigenvalue weighted by molar-refractivity contribution is 0.522. The van der Waals surface area contributed by atoms with E-state index in [1.807, 2.05) is 12.1 Å². The van der Waals surface area contributed by atoms with Gasteiger partial charge in [-0.05, 0) is 35.1 Å². The van der Waals surface area contributed by atoms with Gasteiger partial charge in [0.25, 0.3) is 0 Å². The lowest BCUT2D eigenvalue weighted by Crippen LogP contribution is -2.20. The molecule has 0 aliphatic heterocycles. The fourth-order valence-electron chi connectivity index (χ4n) is 2.20. The molecule has 0 fully saturated rings. The van der Waals surface area contributed by atoms with E-state index in [-0.39, 0.29) is 5.41 Å². The van der Waals surface area contributed by atoms with E-state index in [9.17, 15) is 0 Å². The van der Waals surface area contributed by atoms with Crippen LogP contribution in [0.3, 0.4) is 0 Å². The topological polar surface area (TPSA) is 26.0 Å². The van der Waals surface area contributed by atoms with E-state index in [0.29, 0.717) is 0 Å². The number of nitrogens with two attached hydrogens (primary N) is 1. The Kier molecular flexibility index (Phi) is 3.19. The minimum Gasteiger partial charge on any atom is -0.399 e. The van der Waals surface area contributed by atoms with Gasteiger partial charge in [-0.15, -0.1) is 0 Å². The van der Waals surface area contributed by atoms with Crippen LogP contribution in [0.15, 0.2) is 54.6 Å². The molecular formula is C16H19N. The van der Waals surface area contributed by atoms with Gasteiger partial charge in [0, 0.05) is 5.69 Å². The van der Waals surface area contributed by atoms with Crippen LogP contribution in [0.2, 0.25) is 0 Å². The van der Waals surface area contributed by atoms with Crippen molar-refractivity contribution in [2.45, 2.75) is 25.7 Å². The van der Waals surface area contributed by atoms with Crippen molar-refractivity contribution in [2.24, 2.45) is 0 Å². The van der Waals surface area contributed by atoms with Crippen LogP contribution in [0.25, 0.3) is 0 Å². The SMILES string of the molecule is CC(C)(Cc1cccc(N)c1)c1ccccc1. The van der Waals surface area contributed by atoms with Crippen molar-refractivity contribution < 1.29 is 0 Å². The Hall–Kier alpha value is -1.76. The molecule has 2 N–H and O–H groups in total. The minimum atomic E-state index is 0.134. The van der Waals surface area contributed by atoms with E-state index in [1.165, 1.54) is 11.1 Å². The molecule has 17 heavy (non-hydrogen) atoms. The van der Waals surface area contributed by atoms with Crippen molar-refractivity contribution in [1.82, 2.24) is 0 Å². The van der Waals surface area contributed by atoms with Gasteiger partial charge in [-0.2, -0.15) is 0 Å². The number of anilines is 1. The van der Waals surface area contributed by atoms with E-state index in [0.717, 1.165) is 12.1 Å². The Bertz CT molecular complexity index is 486. The number of nitrogen functional groups attached to an aromatic ring is 1. The Labute approximate surface area is 103 Å². The first-order chi connectivity index (χ1) is 8.08.